The van der Waals surface area contributed by atoms with Crippen molar-refractivity contribution in [2.24, 2.45) is 23.7 Å². The Morgan fingerprint density at radius 1 is 1.06 bits per heavy atom. The van der Waals surface area contributed by atoms with E-state index < -0.39 is 0 Å². The van der Waals surface area contributed by atoms with Gasteiger partial charge in [-0.05, 0) is 35.8 Å². The Morgan fingerprint density at radius 2 is 1.69 bits per heavy atom. The molecule has 16 heavy (non-hydrogen) atoms. The van der Waals surface area contributed by atoms with Gasteiger partial charge >= 0.3 is 5.97 Å². The molecule has 0 aromatic rings. The van der Waals surface area contributed by atoms with Crippen molar-refractivity contribution in [2.45, 2.75) is 6.92 Å². The van der Waals surface area contributed by atoms with Gasteiger partial charge in [-0.1, -0.05) is 30.4 Å². The van der Waals surface area contributed by atoms with Gasteiger partial charge in [-0.25, -0.2) is 0 Å². The normalized spacial score (nSPS) is 38.2. The smallest absolute Gasteiger partial charge is 0.308 e. The number of fused-ring (bicyclic) bond motifs is 4. The SMILES string of the molecule is CC(=O)OC1=C[C@H]2[C@@H]3C=CC=C[C@@H]3[C@H]2C=C1. The van der Waals surface area contributed by atoms with E-state index in [1.165, 1.54) is 6.92 Å². The molecule has 2 nitrogen and oxygen atoms in total. The maximum atomic E-state index is 10.9. The van der Waals surface area contributed by atoms with E-state index in [4.69, 9.17) is 4.74 Å². The maximum Gasteiger partial charge on any atom is 0.308 e. The predicted molar refractivity (Wildman–Crippen MR) is 61.2 cm³/mol. The van der Waals surface area contributed by atoms with Gasteiger partial charge in [-0.3, -0.25) is 4.79 Å². The average Bonchev–Trinajstić information content (AvgIpc) is 2.26. The molecule has 0 saturated heterocycles. The van der Waals surface area contributed by atoms with E-state index >= 15 is 0 Å². The molecule has 0 aromatic heterocycles. The van der Waals surface area contributed by atoms with Crippen LogP contribution in [0.5, 0.6) is 0 Å². The van der Waals surface area contributed by atoms with E-state index in [-0.39, 0.29) is 5.97 Å². The van der Waals surface area contributed by atoms with Crippen LogP contribution in [0.15, 0.2) is 48.3 Å². The highest BCUT2D eigenvalue weighted by Gasteiger charge is 2.46. The third-order valence-corrected chi connectivity index (χ3v) is 3.66. The van der Waals surface area contributed by atoms with Crippen LogP contribution in [0.1, 0.15) is 6.92 Å². The molecule has 3 aliphatic carbocycles. The summed E-state index contributed by atoms with van der Waals surface area (Å²) in [5, 5.41) is 0. The van der Waals surface area contributed by atoms with E-state index in [0.29, 0.717) is 29.4 Å². The van der Waals surface area contributed by atoms with Gasteiger partial charge in [0.05, 0.1) is 0 Å². The second-order valence-corrected chi connectivity index (χ2v) is 4.60. The Labute approximate surface area is 95.0 Å². The van der Waals surface area contributed by atoms with Gasteiger partial charge in [0, 0.05) is 6.92 Å². The number of ether oxygens (including phenoxy) is 1. The van der Waals surface area contributed by atoms with Crippen molar-refractivity contribution >= 4 is 5.97 Å². The Balaban J connectivity index is 1.79. The zero-order valence-electron chi connectivity index (χ0n) is 9.17. The molecule has 3 aliphatic rings. The monoisotopic (exact) mass is 214 g/mol. The number of hydrogen-bond acceptors (Lipinski definition) is 2. The predicted octanol–water partition coefficient (Wildman–Crippen LogP) is 2.61. The number of carbonyl (C=O) groups excluding carboxylic acids is 1. The standard InChI is InChI=1S/C14H14O2/c1-9(15)16-10-6-7-13-11-4-2-3-5-12(11)14(13)8-10/h2-8,11-14H,1H3/t11-,12+,13+,14-/m0/s1. The van der Waals surface area contributed by atoms with E-state index in [2.05, 4.69) is 36.5 Å². The summed E-state index contributed by atoms with van der Waals surface area (Å²) < 4.78 is 5.12. The van der Waals surface area contributed by atoms with E-state index in [1.807, 2.05) is 6.08 Å². The quantitative estimate of drug-likeness (QED) is 0.627. The summed E-state index contributed by atoms with van der Waals surface area (Å²) in [4.78, 5) is 10.9. The van der Waals surface area contributed by atoms with Crippen molar-refractivity contribution in [3.63, 3.8) is 0 Å². The molecule has 0 N–H and O–H groups in total. The fourth-order valence-electron chi connectivity index (χ4n) is 2.94. The summed E-state index contributed by atoms with van der Waals surface area (Å²) in [6, 6.07) is 0. The number of esters is 1. The molecule has 0 bridgehead atoms. The zero-order valence-corrected chi connectivity index (χ0v) is 9.17. The third-order valence-electron chi connectivity index (χ3n) is 3.66. The van der Waals surface area contributed by atoms with Gasteiger partial charge in [-0.2, -0.15) is 0 Å². The molecular weight excluding hydrogens is 200 g/mol. The minimum absolute atomic E-state index is 0.246. The minimum atomic E-state index is -0.246. The third kappa shape index (κ3) is 1.37. The van der Waals surface area contributed by atoms with E-state index in [9.17, 15) is 4.79 Å². The summed E-state index contributed by atoms with van der Waals surface area (Å²) in [7, 11) is 0. The van der Waals surface area contributed by atoms with Crippen LogP contribution in [0.3, 0.4) is 0 Å². The van der Waals surface area contributed by atoms with E-state index in [0.717, 1.165) is 0 Å². The highest BCUT2D eigenvalue weighted by atomic mass is 16.5. The first-order valence-corrected chi connectivity index (χ1v) is 5.69. The number of allylic oxidation sites excluding steroid dienone is 7. The van der Waals surface area contributed by atoms with Crippen LogP contribution in [0.2, 0.25) is 0 Å². The summed E-state index contributed by atoms with van der Waals surface area (Å²) in [5.74, 6) is 2.78. The van der Waals surface area contributed by atoms with Crippen LogP contribution in [0.4, 0.5) is 0 Å². The lowest BCUT2D eigenvalue weighted by Crippen LogP contribution is -2.44. The summed E-state index contributed by atoms with van der Waals surface area (Å²) in [6.45, 7) is 1.44. The molecule has 2 heteroatoms. The van der Waals surface area contributed by atoms with Gasteiger partial charge in [0.25, 0.3) is 0 Å². The van der Waals surface area contributed by atoms with Crippen molar-refractivity contribution in [2.75, 3.05) is 0 Å². The van der Waals surface area contributed by atoms with Crippen molar-refractivity contribution in [1.82, 2.24) is 0 Å². The van der Waals surface area contributed by atoms with Crippen molar-refractivity contribution in [1.29, 1.82) is 0 Å². The van der Waals surface area contributed by atoms with Crippen LogP contribution in [0.25, 0.3) is 0 Å². The molecule has 4 atom stereocenters. The first-order valence-electron chi connectivity index (χ1n) is 5.69. The first-order chi connectivity index (χ1) is 7.75. The molecule has 3 rings (SSSR count). The summed E-state index contributed by atoms with van der Waals surface area (Å²) in [5.41, 5.74) is 0. The zero-order chi connectivity index (χ0) is 11.1. The Bertz CT molecular complexity index is 434. The molecule has 0 aliphatic heterocycles. The summed E-state index contributed by atoms with van der Waals surface area (Å²) in [6.07, 6.45) is 15.0. The van der Waals surface area contributed by atoms with Gasteiger partial charge in [0.15, 0.2) is 0 Å². The van der Waals surface area contributed by atoms with Gasteiger partial charge in [-0.15, -0.1) is 0 Å². The lowest BCUT2D eigenvalue weighted by Gasteiger charge is -2.49. The molecule has 82 valence electrons. The van der Waals surface area contributed by atoms with Crippen molar-refractivity contribution in [3.05, 3.63) is 48.3 Å². The van der Waals surface area contributed by atoms with E-state index in [1.54, 1.807) is 0 Å². The highest BCUT2D eigenvalue weighted by molar-refractivity contribution is 5.67. The number of rotatable bonds is 1. The molecule has 0 aromatic carbocycles. The molecule has 0 unspecified atom stereocenters. The van der Waals surface area contributed by atoms with Crippen LogP contribution in [0, 0.1) is 23.7 Å². The first kappa shape index (κ1) is 9.64. The highest BCUT2D eigenvalue weighted by Crippen LogP contribution is 2.52. The van der Waals surface area contributed by atoms with Crippen LogP contribution in [-0.4, -0.2) is 5.97 Å². The lowest BCUT2D eigenvalue weighted by molar-refractivity contribution is -0.136. The van der Waals surface area contributed by atoms with Crippen LogP contribution < -0.4 is 0 Å². The fraction of sp³-hybridized carbons (Fsp3) is 0.357. The molecule has 0 heterocycles. The molecular formula is C14H14O2. The number of hydrogen-bond donors (Lipinski definition) is 0. The molecule has 0 spiro atoms. The molecule has 1 saturated carbocycles. The van der Waals surface area contributed by atoms with Gasteiger partial charge < -0.3 is 4.74 Å². The van der Waals surface area contributed by atoms with Crippen molar-refractivity contribution < 1.29 is 9.53 Å². The maximum absolute atomic E-state index is 10.9. The van der Waals surface area contributed by atoms with Gasteiger partial charge in [0.1, 0.15) is 5.76 Å². The molecule has 1 fully saturated rings. The second-order valence-electron chi connectivity index (χ2n) is 4.60. The number of carbonyl (C=O) groups is 1. The lowest BCUT2D eigenvalue weighted by atomic mass is 9.54. The van der Waals surface area contributed by atoms with Crippen LogP contribution in [-0.2, 0) is 9.53 Å². The molecule has 0 radical (unpaired) electrons. The largest absolute Gasteiger partial charge is 0.427 e. The van der Waals surface area contributed by atoms with Gasteiger partial charge in [0.2, 0.25) is 0 Å². The Kier molecular flexibility index (Phi) is 2.10. The van der Waals surface area contributed by atoms with Crippen molar-refractivity contribution in [3.8, 4) is 0 Å². The summed E-state index contributed by atoms with van der Waals surface area (Å²) >= 11 is 0. The average molecular weight is 214 g/mol. The fourth-order valence-corrected chi connectivity index (χ4v) is 2.94. The topological polar surface area (TPSA) is 26.3 Å². The Hall–Kier alpha value is -1.57. The molecule has 0 amide bonds. The second kappa shape index (κ2) is 3.48. The Morgan fingerprint density at radius 3 is 2.38 bits per heavy atom. The van der Waals surface area contributed by atoms with Crippen LogP contribution >= 0.6 is 0 Å². The minimum Gasteiger partial charge on any atom is -0.427 e.